The van der Waals surface area contributed by atoms with E-state index in [1.807, 2.05) is 0 Å². The summed E-state index contributed by atoms with van der Waals surface area (Å²) in [6.45, 7) is 0.219. The van der Waals surface area contributed by atoms with E-state index in [0.29, 0.717) is 6.42 Å². The Labute approximate surface area is 73.7 Å². The lowest BCUT2D eigenvalue weighted by Crippen LogP contribution is -2.10. The van der Waals surface area contributed by atoms with Gasteiger partial charge in [0.2, 0.25) is 0 Å². The number of sulfone groups is 1. The van der Waals surface area contributed by atoms with Gasteiger partial charge in [-0.05, 0) is 31.1 Å². The largest absolute Gasteiger partial charge is 0.396 e. The second-order valence-electron chi connectivity index (χ2n) is 3.89. The van der Waals surface area contributed by atoms with Crippen LogP contribution in [-0.4, -0.2) is 32.1 Å². The third-order valence-electron chi connectivity index (χ3n) is 2.51. The van der Waals surface area contributed by atoms with Gasteiger partial charge in [0, 0.05) is 18.6 Å². The van der Waals surface area contributed by atoms with E-state index in [-0.39, 0.29) is 17.8 Å². The van der Waals surface area contributed by atoms with Crippen molar-refractivity contribution in [3.05, 3.63) is 0 Å². The molecule has 0 aromatic rings. The molecule has 1 N–H and O–H groups in total. The van der Waals surface area contributed by atoms with Crippen LogP contribution in [0.1, 0.15) is 25.7 Å². The Hall–Kier alpha value is -0.0900. The SMILES string of the molecule is CS(=O)(=O)CCCC1(CO)CC1. The molecule has 1 rings (SSSR count). The summed E-state index contributed by atoms with van der Waals surface area (Å²) in [5.41, 5.74) is 0.102. The van der Waals surface area contributed by atoms with E-state index in [4.69, 9.17) is 5.11 Å². The number of hydrogen-bond donors (Lipinski definition) is 1. The zero-order valence-corrected chi connectivity index (χ0v) is 8.23. The van der Waals surface area contributed by atoms with E-state index in [9.17, 15) is 8.42 Å². The molecule has 0 spiro atoms. The Bertz CT molecular complexity index is 239. The maximum Gasteiger partial charge on any atom is 0.147 e. The minimum absolute atomic E-state index is 0.102. The Kier molecular flexibility index (Phi) is 2.78. The van der Waals surface area contributed by atoms with E-state index in [1.165, 1.54) is 6.26 Å². The van der Waals surface area contributed by atoms with Crippen LogP contribution < -0.4 is 0 Å². The Balaban J connectivity index is 2.19. The molecule has 4 heteroatoms. The molecule has 0 amide bonds. The summed E-state index contributed by atoms with van der Waals surface area (Å²) in [6, 6.07) is 0. The summed E-state index contributed by atoms with van der Waals surface area (Å²) in [5, 5.41) is 8.94. The van der Waals surface area contributed by atoms with Crippen LogP contribution in [0.25, 0.3) is 0 Å². The van der Waals surface area contributed by atoms with Gasteiger partial charge in [-0.3, -0.25) is 0 Å². The molecule has 3 nitrogen and oxygen atoms in total. The molecule has 1 aliphatic rings. The Morgan fingerprint density at radius 2 is 2.00 bits per heavy atom. The topological polar surface area (TPSA) is 54.4 Å². The third kappa shape index (κ3) is 3.11. The average molecular weight is 192 g/mol. The van der Waals surface area contributed by atoms with Gasteiger partial charge in [0.1, 0.15) is 9.84 Å². The molecule has 0 unspecified atom stereocenters. The summed E-state index contributed by atoms with van der Waals surface area (Å²) in [5.74, 6) is 0.259. The maximum absolute atomic E-state index is 10.8. The Morgan fingerprint density at radius 1 is 1.42 bits per heavy atom. The van der Waals surface area contributed by atoms with Crippen LogP contribution >= 0.6 is 0 Å². The quantitative estimate of drug-likeness (QED) is 0.693. The fourth-order valence-electron chi connectivity index (χ4n) is 1.37. The molecule has 12 heavy (non-hydrogen) atoms. The number of hydrogen-bond acceptors (Lipinski definition) is 3. The molecular formula is C8H16O3S. The highest BCUT2D eigenvalue weighted by molar-refractivity contribution is 7.90. The first kappa shape index (κ1) is 9.99. The number of aliphatic hydroxyl groups is 1. The van der Waals surface area contributed by atoms with Crippen LogP contribution in [0.3, 0.4) is 0 Å². The number of rotatable bonds is 5. The first-order valence-corrected chi connectivity index (χ1v) is 6.32. The highest BCUT2D eigenvalue weighted by Crippen LogP contribution is 2.48. The van der Waals surface area contributed by atoms with Crippen molar-refractivity contribution in [1.82, 2.24) is 0 Å². The molecule has 0 bridgehead atoms. The molecule has 1 saturated carbocycles. The predicted octanol–water partition coefficient (Wildman–Crippen LogP) is 0.584. The molecule has 0 atom stereocenters. The van der Waals surface area contributed by atoms with Crippen molar-refractivity contribution < 1.29 is 13.5 Å². The van der Waals surface area contributed by atoms with Crippen molar-refractivity contribution in [2.75, 3.05) is 18.6 Å². The van der Waals surface area contributed by atoms with E-state index in [2.05, 4.69) is 0 Å². The lowest BCUT2D eigenvalue weighted by Gasteiger charge is -2.09. The number of aliphatic hydroxyl groups excluding tert-OH is 1. The van der Waals surface area contributed by atoms with E-state index in [1.54, 1.807) is 0 Å². The van der Waals surface area contributed by atoms with Gasteiger partial charge in [-0.15, -0.1) is 0 Å². The molecule has 0 aromatic heterocycles. The third-order valence-corrected chi connectivity index (χ3v) is 3.55. The van der Waals surface area contributed by atoms with Gasteiger partial charge < -0.3 is 5.11 Å². The summed E-state index contributed by atoms with van der Waals surface area (Å²) in [7, 11) is -2.81. The van der Waals surface area contributed by atoms with Gasteiger partial charge in [-0.2, -0.15) is 0 Å². The lowest BCUT2D eigenvalue weighted by atomic mass is 10.0. The Morgan fingerprint density at radius 3 is 2.33 bits per heavy atom. The molecule has 72 valence electrons. The van der Waals surface area contributed by atoms with Crippen LogP contribution in [0, 0.1) is 5.41 Å². The molecule has 1 fully saturated rings. The fraction of sp³-hybridized carbons (Fsp3) is 1.00. The van der Waals surface area contributed by atoms with Gasteiger partial charge in [0.05, 0.1) is 0 Å². The van der Waals surface area contributed by atoms with Crippen LogP contribution in [0.2, 0.25) is 0 Å². The second-order valence-corrected chi connectivity index (χ2v) is 6.15. The van der Waals surface area contributed by atoms with E-state index < -0.39 is 9.84 Å². The van der Waals surface area contributed by atoms with Crippen molar-refractivity contribution in [1.29, 1.82) is 0 Å². The monoisotopic (exact) mass is 192 g/mol. The molecule has 1 aliphatic carbocycles. The van der Waals surface area contributed by atoms with E-state index in [0.717, 1.165) is 19.3 Å². The maximum atomic E-state index is 10.8. The first-order chi connectivity index (χ1) is 5.47. The van der Waals surface area contributed by atoms with Crippen LogP contribution in [0.5, 0.6) is 0 Å². The molecule has 0 saturated heterocycles. The molecule has 0 radical (unpaired) electrons. The molecule has 0 heterocycles. The minimum atomic E-state index is -2.81. The first-order valence-electron chi connectivity index (χ1n) is 4.26. The molecule has 0 aliphatic heterocycles. The van der Waals surface area contributed by atoms with Crippen molar-refractivity contribution in [3.63, 3.8) is 0 Å². The van der Waals surface area contributed by atoms with Crippen molar-refractivity contribution >= 4 is 9.84 Å². The van der Waals surface area contributed by atoms with Crippen molar-refractivity contribution in [3.8, 4) is 0 Å². The second kappa shape index (κ2) is 3.34. The average Bonchev–Trinajstić information content (AvgIpc) is 2.67. The predicted molar refractivity (Wildman–Crippen MR) is 47.7 cm³/mol. The normalized spacial score (nSPS) is 20.8. The highest BCUT2D eigenvalue weighted by Gasteiger charge is 2.41. The molecular weight excluding hydrogens is 176 g/mol. The highest BCUT2D eigenvalue weighted by atomic mass is 32.2. The van der Waals surface area contributed by atoms with Crippen LogP contribution in [0.4, 0.5) is 0 Å². The van der Waals surface area contributed by atoms with Gasteiger partial charge >= 0.3 is 0 Å². The summed E-state index contributed by atoms with van der Waals surface area (Å²) in [4.78, 5) is 0. The summed E-state index contributed by atoms with van der Waals surface area (Å²) >= 11 is 0. The summed E-state index contributed by atoms with van der Waals surface area (Å²) in [6.07, 6.45) is 4.93. The smallest absolute Gasteiger partial charge is 0.147 e. The van der Waals surface area contributed by atoms with Gasteiger partial charge in [0.15, 0.2) is 0 Å². The zero-order chi connectivity index (χ0) is 9.24. The zero-order valence-electron chi connectivity index (χ0n) is 7.41. The van der Waals surface area contributed by atoms with Gasteiger partial charge in [-0.1, -0.05) is 0 Å². The van der Waals surface area contributed by atoms with Gasteiger partial charge in [0.25, 0.3) is 0 Å². The lowest BCUT2D eigenvalue weighted by molar-refractivity contribution is 0.202. The fourth-order valence-corrected chi connectivity index (χ4v) is 2.04. The summed E-state index contributed by atoms with van der Waals surface area (Å²) < 4.78 is 21.5. The van der Waals surface area contributed by atoms with Crippen LogP contribution in [-0.2, 0) is 9.84 Å². The van der Waals surface area contributed by atoms with Crippen LogP contribution in [0.15, 0.2) is 0 Å². The van der Waals surface area contributed by atoms with Crippen molar-refractivity contribution in [2.24, 2.45) is 5.41 Å². The van der Waals surface area contributed by atoms with Crippen molar-refractivity contribution in [2.45, 2.75) is 25.7 Å². The minimum Gasteiger partial charge on any atom is -0.396 e. The van der Waals surface area contributed by atoms with Gasteiger partial charge in [-0.25, -0.2) is 8.42 Å². The van der Waals surface area contributed by atoms with E-state index >= 15 is 0 Å². The standard InChI is InChI=1S/C8H16O3S/c1-12(10,11)6-2-3-8(7-9)4-5-8/h9H,2-7H2,1H3. The molecule has 0 aromatic carbocycles.